The van der Waals surface area contributed by atoms with Gasteiger partial charge < -0.3 is 14.8 Å². The van der Waals surface area contributed by atoms with Crippen LogP contribution in [-0.4, -0.2) is 32.3 Å². The number of carbonyl (C=O) groups excluding carboxylic acids is 1. The van der Waals surface area contributed by atoms with Crippen LogP contribution in [0.1, 0.15) is 42.5 Å². The molecule has 0 spiro atoms. The lowest BCUT2D eigenvalue weighted by Gasteiger charge is -2.60. The summed E-state index contributed by atoms with van der Waals surface area (Å²) in [7, 11) is 3.45. The predicted molar refractivity (Wildman–Crippen MR) is 92.1 cm³/mol. The summed E-state index contributed by atoms with van der Waals surface area (Å²) in [6.07, 6.45) is 6.51. The number of hydrogen-bond donors (Lipinski definition) is 1. The van der Waals surface area contributed by atoms with Crippen molar-refractivity contribution >= 4 is 5.91 Å². The van der Waals surface area contributed by atoms with Crippen LogP contribution in [0.3, 0.4) is 0 Å². The highest BCUT2D eigenvalue weighted by Gasteiger charge is 2.57. The molecule has 4 aliphatic rings. The lowest BCUT2D eigenvalue weighted by Crippen LogP contribution is -2.63. The molecule has 1 amide bonds. The Balaban J connectivity index is 1.48. The van der Waals surface area contributed by atoms with Crippen molar-refractivity contribution in [1.29, 1.82) is 0 Å². The summed E-state index contributed by atoms with van der Waals surface area (Å²) in [4.78, 5) is 12.6. The number of rotatable bonds is 5. The maximum atomic E-state index is 12.6. The number of ether oxygens (including phenoxy) is 2. The van der Waals surface area contributed by atoms with Crippen molar-refractivity contribution < 1.29 is 14.3 Å². The zero-order valence-electron chi connectivity index (χ0n) is 14.6. The predicted octanol–water partition coefficient (Wildman–Crippen LogP) is 3.27. The van der Waals surface area contributed by atoms with Gasteiger partial charge in [-0.05, 0) is 74.0 Å². The quantitative estimate of drug-likeness (QED) is 0.902. The molecule has 4 nitrogen and oxygen atoms in total. The molecule has 130 valence electrons. The van der Waals surface area contributed by atoms with E-state index in [9.17, 15) is 4.79 Å². The van der Waals surface area contributed by atoms with E-state index in [1.54, 1.807) is 13.2 Å². The highest BCUT2D eigenvalue weighted by Crippen LogP contribution is 2.59. The van der Waals surface area contributed by atoms with Crippen LogP contribution in [0.15, 0.2) is 24.3 Å². The molecular formula is C20H27NO3. The number of methoxy groups -OCH3 is 2. The first-order valence-corrected chi connectivity index (χ1v) is 9.12. The summed E-state index contributed by atoms with van der Waals surface area (Å²) < 4.78 is 11.3. The SMILES string of the molecule is COc1cccc(C(=O)NCC2(OC)C3CC4CC(C3)CC2C4)c1. The molecule has 4 aliphatic carbocycles. The molecule has 0 unspecified atom stereocenters. The van der Waals surface area contributed by atoms with Crippen molar-refractivity contribution in [3.05, 3.63) is 29.8 Å². The van der Waals surface area contributed by atoms with E-state index in [-0.39, 0.29) is 11.5 Å². The molecule has 0 aromatic heterocycles. The third-order valence-electron chi connectivity index (χ3n) is 6.76. The number of amides is 1. The normalized spacial score (nSPS) is 36.6. The molecule has 24 heavy (non-hydrogen) atoms. The van der Waals surface area contributed by atoms with Crippen LogP contribution >= 0.6 is 0 Å². The van der Waals surface area contributed by atoms with Crippen LogP contribution in [0.4, 0.5) is 0 Å². The van der Waals surface area contributed by atoms with Gasteiger partial charge in [-0.2, -0.15) is 0 Å². The number of carbonyl (C=O) groups is 1. The Morgan fingerprint density at radius 1 is 1.12 bits per heavy atom. The summed E-state index contributed by atoms with van der Waals surface area (Å²) >= 11 is 0. The molecule has 0 saturated heterocycles. The third kappa shape index (κ3) is 2.52. The Morgan fingerprint density at radius 3 is 2.38 bits per heavy atom. The highest BCUT2D eigenvalue weighted by atomic mass is 16.5. The van der Waals surface area contributed by atoms with Gasteiger partial charge in [0.15, 0.2) is 0 Å². The van der Waals surface area contributed by atoms with Crippen LogP contribution in [0.5, 0.6) is 5.75 Å². The Kier molecular flexibility index (Phi) is 4.03. The van der Waals surface area contributed by atoms with Crippen molar-refractivity contribution in [2.75, 3.05) is 20.8 Å². The fourth-order valence-electron chi connectivity index (χ4n) is 5.76. The van der Waals surface area contributed by atoms with Crippen molar-refractivity contribution in [1.82, 2.24) is 5.32 Å². The topological polar surface area (TPSA) is 47.6 Å². The second kappa shape index (κ2) is 6.07. The first-order valence-electron chi connectivity index (χ1n) is 9.12. The summed E-state index contributed by atoms with van der Waals surface area (Å²) in [6, 6.07) is 7.31. The van der Waals surface area contributed by atoms with Gasteiger partial charge in [-0.1, -0.05) is 6.07 Å². The minimum absolute atomic E-state index is 0.0425. The van der Waals surface area contributed by atoms with E-state index in [1.165, 1.54) is 32.1 Å². The van der Waals surface area contributed by atoms with E-state index >= 15 is 0 Å². The molecule has 4 heteroatoms. The monoisotopic (exact) mass is 329 g/mol. The van der Waals surface area contributed by atoms with Crippen LogP contribution in [0, 0.1) is 23.7 Å². The van der Waals surface area contributed by atoms with Gasteiger partial charge in [-0.25, -0.2) is 0 Å². The Bertz CT molecular complexity index is 599. The Labute approximate surface area is 143 Å². The van der Waals surface area contributed by atoms with Crippen molar-refractivity contribution in [3.63, 3.8) is 0 Å². The summed E-state index contributed by atoms with van der Waals surface area (Å²) in [5.41, 5.74) is 0.478. The highest BCUT2D eigenvalue weighted by molar-refractivity contribution is 5.94. The van der Waals surface area contributed by atoms with E-state index in [2.05, 4.69) is 5.32 Å². The van der Waals surface area contributed by atoms with Gasteiger partial charge in [-0.15, -0.1) is 0 Å². The zero-order chi connectivity index (χ0) is 16.7. The molecular weight excluding hydrogens is 302 g/mol. The van der Waals surface area contributed by atoms with E-state index < -0.39 is 0 Å². The largest absolute Gasteiger partial charge is 0.497 e. The zero-order valence-corrected chi connectivity index (χ0v) is 14.6. The second-order valence-corrected chi connectivity index (χ2v) is 7.88. The minimum Gasteiger partial charge on any atom is -0.497 e. The third-order valence-corrected chi connectivity index (χ3v) is 6.76. The second-order valence-electron chi connectivity index (χ2n) is 7.88. The van der Waals surface area contributed by atoms with E-state index in [1.807, 2.05) is 25.3 Å². The van der Waals surface area contributed by atoms with Gasteiger partial charge >= 0.3 is 0 Å². The molecule has 1 N–H and O–H groups in total. The van der Waals surface area contributed by atoms with Gasteiger partial charge in [-0.3, -0.25) is 4.79 Å². The summed E-state index contributed by atoms with van der Waals surface area (Å²) in [5, 5.41) is 3.15. The number of benzene rings is 1. The first-order chi connectivity index (χ1) is 11.6. The van der Waals surface area contributed by atoms with Gasteiger partial charge in [0.25, 0.3) is 5.91 Å². The lowest BCUT2D eigenvalue weighted by atomic mass is 9.49. The molecule has 0 radical (unpaired) electrons. The standard InChI is InChI=1S/C20H27NO3/c1-23-18-5-3-4-15(11-18)19(22)21-12-20(24-2)16-7-13-6-14(9-16)10-17(20)8-13/h3-5,11,13-14,16-17H,6-10,12H2,1-2H3,(H,21,22). The number of nitrogens with one attached hydrogen (secondary N) is 1. The van der Waals surface area contributed by atoms with Crippen molar-refractivity contribution in [2.45, 2.75) is 37.7 Å². The summed E-state index contributed by atoms with van der Waals surface area (Å²) in [6.45, 7) is 0.619. The molecule has 5 rings (SSSR count). The van der Waals surface area contributed by atoms with Gasteiger partial charge in [0.2, 0.25) is 0 Å². The fourth-order valence-corrected chi connectivity index (χ4v) is 5.76. The molecule has 1 aromatic carbocycles. The van der Waals surface area contributed by atoms with Gasteiger partial charge in [0.05, 0.1) is 12.7 Å². The molecule has 4 fully saturated rings. The average molecular weight is 329 g/mol. The maximum Gasteiger partial charge on any atom is 0.251 e. The Hall–Kier alpha value is -1.55. The fraction of sp³-hybridized carbons (Fsp3) is 0.650. The molecule has 0 heterocycles. The molecule has 0 atom stereocenters. The lowest BCUT2D eigenvalue weighted by molar-refractivity contribution is -0.186. The smallest absolute Gasteiger partial charge is 0.251 e. The molecule has 0 aliphatic heterocycles. The first kappa shape index (κ1) is 15.9. The van der Waals surface area contributed by atoms with Gasteiger partial charge in [0.1, 0.15) is 5.75 Å². The van der Waals surface area contributed by atoms with Crippen LogP contribution in [-0.2, 0) is 4.74 Å². The van der Waals surface area contributed by atoms with Crippen LogP contribution < -0.4 is 10.1 Å². The van der Waals surface area contributed by atoms with Crippen LogP contribution in [0.25, 0.3) is 0 Å². The molecule has 4 bridgehead atoms. The van der Waals surface area contributed by atoms with E-state index in [0.29, 0.717) is 29.7 Å². The molecule has 4 saturated carbocycles. The Morgan fingerprint density at radius 2 is 1.79 bits per heavy atom. The number of hydrogen-bond acceptors (Lipinski definition) is 3. The van der Waals surface area contributed by atoms with E-state index in [0.717, 1.165) is 11.8 Å². The van der Waals surface area contributed by atoms with Crippen molar-refractivity contribution in [3.8, 4) is 5.75 Å². The minimum atomic E-state index is -0.165. The van der Waals surface area contributed by atoms with Gasteiger partial charge in [0, 0.05) is 19.2 Å². The molecule has 1 aromatic rings. The van der Waals surface area contributed by atoms with E-state index in [4.69, 9.17) is 9.47 Å². The van der Waals surface area contributed by atoms with Crippen molar-refractivity contribution in [2.24, 2.45) is 23.7 Å². The average Bonchev–Trinajstić information content (AvgIpc) is 2.61. The van der Waals surface area contributed by atoms with Crippen LogP contribution in [0.2, 0.25) is 0 Å². The summed E-state index contributed by atoms with van der Waals surface area (Å²) in [5.74, 6) is 3.65. The maximum absolute atomic E-state index is 12.6.